The monoisotopic (exact) mass is 595 g/mol. The molecule has 212 valence electrons. The Hall–Kier alpha value is -4.14. The van der Waals surface area contributed by atoms with Gasteiger partial charge in [0.05, 0.1) is 17.1 Å². The van der Waals surface area contributed by atoms with Crippen LogP contribution in [0.15, 0.2) is 88.5 Å². The van der Waals surface area contributed by atoms with E-state index < -0.39 is 5.91 Å². The molecular weight excluding hydrogens is 566 g/mol. The Morgan fingerprint density at radius 1 is 1.02 bits per heavy atom. The van der Waals surface area contributed by atoms with Gasteiger partial charge >= 0.3 is 0 Å². The molecule has 0 unspecified atom stereocenters. The number of nitrogens with zero attached hydrogens (tertiary/aromatic N) is 4. The molecule has 7 nitrogen and oxygen atoms in total. The average molecular weight is 596 g/mol. The van der Waals surface area contributed by atoms with Crippen LogP contribution >= 0.6 is 23.4 Å². The first-order valence-electron chi connectivity index (χ1n) is 13.7. The highest BCUT2D eigenvalue weighted by molar-refractivity contribution is 8.27. The lowest BCUT2D eigenvalue weighted by Crippen LogP contribution is -2.35. The van der Waals surface area contributed by atoms with Crippen molar-refractivity contribution in [3.8, 4) is 5.75 Å². The number of thioether (sulfide) groups is 1. The van der Waals surface area contributed by atoms with E-state index in [1.54, 1.807) is 12.1 Å². The summed E-state index contributed by atoms with van der Waals surface area (Å²) in [6.45, 7) is 9.71. The maximum atomic E-state index is 13.2. The van der Waals surface area contributed by atoms with Gasteiger partial charge in [0.1, 0.15) is 17.4 Å². The quantitative estimate of drug-likeness (QED) is 0.232. The van der Waals surface area contributed by atoms with Gasteiger partial charge in [-0.3, -0.25) is 10.2 Å². The molecule has 0 radical (unpaired) electrons. The maximum absolute atomic E-state index is 13.2. The number of aromatic nitrogens is 1. The number of para-hydroxylation sites is 1. The molecule has 2 aliphatic heterocycles. The number of benzene rings is 3. The van der Waals surface area contributed by atoms with Crippen LogP contribution in [0.1, 0.15) is 43.2 Å². The van der Waals surface area contributed by atoms with Gasteiger partial charge in [-0.1, -0.05) is 80.9 Å². The second kappa shape index (κ2) is 10.9. The molecule has 0 bridgehead atoms. The topological polar surface area (TPSA) is 83.0 Å². The number of hydrogen-bond acceptors (Lipinski definition) is 5. The molecule has 1 amide bonds. The molecule has 3 aromatic carbocycles. The summed E-state index contributed by atoms with van der Waals surface area (Å²) in [7, 11) is 0. The number of carbonyl (C=O) groups is 1. The van der Waals surface area contributed by atoms with E-state index in [4.69, 9.17) is 21.7 Å². The number of amidine groups is 2. The van der Waals surface area contributed by atoms with Gasteiger partial charge < -0.3 is 9.30 Å². The Morgan fingerprint density at radius 2 is 1.74 bits per heavy atom. The molecule has 0 atom stereocenters. The van der Waals surface area contributed by atoms with Crippen molar-refractivity contribution < 1.29 is 9.53 Å². The third kappa shape index (κ3) is 5.16. The first-order valence-corrected chi connectivity index (χ1v) is 14.9. The Kier molecular flexibility index (Phi) is 7.29. The number of aliphatic imine (C=N–C) groups is 1. The highest BCUT2D eigenvalue weighted by atomic mass is 35.5. The minimum absolute atomic E-state index is 0.0159. The number of amides is 1. The molecule has 3 heterocycles. The van der Waals surface area contributed by atoms with Gasteiger partial charge in [-0.05, 0) is 60.0 Å². The number of carbonyl (C=O) groups excluding carboxylic acids is 1. The summed E-state index contributed by atoms with van der Waals surface area (Å²) < 4.78 is 8.29. The zero-order valence-electron chi connectivity index (χ0n) is 23.8. The molecule has 1 N–H and O–H groups in total. The van der Waals surface area contributed by atoms with E-state index in [9.17, 15) is 4.79 Å². The van der Waals surface area contributed by atoms with Gasteiger partial charge in [-0.15, -0.1) is 0 Å². The molecule has 0 aliphatic carbocycles. The van der Waals surface area contributed by atoms with E-state index in [0.29, 0.717) is 28.4 Å². The summed E-state index contributed by atoms with van der Waals surface area (Å²) in [6.07, 6.45) is 1.76. The van der Waals surface area contributed by atoms with Crippen molar-refractivity contribution in [1.29, 1.82) is 5.41 Å². The van der Waals surface area contributed by atoms with Crippen molar-refractivity contribution in [3.63, 3.8) is 0 Å². The van der Waals surface area contributed by atoms with Crippen molar-refractivity contribution in [2.24, 2.45) is 10.1 Å². The number of nitrogens with one attached hydrogen (secondary N) is 1. The van der Waals surface area contributed by atoms with Crippen LogP contribution in [0.4, 0.5) is 0 Å². The first kappa shape index (κ1) is 28.0. The van der Waals surface area contributed by atoms with Gasteiger partial charge in [0.2, 0.25) is 5.17 Å². The summed E-state index contributed by atoms with van der Waals surface area (Å²) >= 11 is 7.61. The molecule has 4 aromatic rings. The molecule has 0 saturated carbocycles. The number of halogens is 1. The van der Waals surface area contributed by atoms with E-state index in [1.165, 1.54) is 22.3 Å². The standard InChI is InChI=1S/C33H30ClN5O2S/c1-20-25(19-26-29(35)39-32(36-30(26)40)42-31(37-39)24-10-5-7-11-27(24)34)23-9-6-8-12-28(23)38(20)17-18-41-22-15-13-21(14-16-22)33(2,3)4/h5-16,19,35H,17-18H2,1-4H3/b26-19-,35-29?. The Bertz CT molecular complexity index is 1830. The predicted octanol–water partition coefficient (Wildman–Crippen LogP) is 7.65. The van der Waals surface area contributed by atoms with Crippen molar-refractivity contribution >= 4 is 62.3 Å². The van der Waals surface area contributed by atoms with Crippen LogP contribution in [-0.4, -0.2) is 38.1 Å². The van der Waals surface area contributed by atoms with E-state index in [1.807, 2.05) is 55.5 Å². The molecule has 2 aliphatic rings. The summed E-state index contributed by atoms with van der Waals surface area (Å²) in [5.41, 5.74) is 5.14. The average Bonchev–Trinajstić information content (AvgIpc) is 3.50. The number of hydrazone groups is 1. The van der Waals surface area contributed by atoms with Crippen molar-refractivity contribution in [3.05, 3.63) is 106 Å². The molecule has 6 rings (SSSR count). The molecule has 0 spiro atoms. The van der Waals surface area contributed by atoms with Crippen LogP contribution in [0.3, 0.4) is 0 Å². The first-order chi connectivity index (χ1) is 20.1. The highest BCUT2D eigenvalue weighted by Crippen LogP contribution is 2.35. The Labute approximate surface area is 254 Å². The number of rotatable bonds is 6. The lowest BCUT2D eigenvalue weighted by Gasteiger charge is -2.20. The van der Waals surface area contributed by atoms with Crippen LogP contribution in [0.2, 0.25) is 5.02 Å². The molecule has 0 saturated heterocycles. The number of ether oxygens (including phenoxy) is 1. The zero-order valence-corrected chi connectivity index (χ0v) is 25.4. The van der Waals surface area contributed by atoms with E-state index in [-0.39, 0.29) is 16.8 Å². The fourth-order valence-corrected chi connectivity index (χ4v) is 6.33. The highest BCUT2D eigenvalue weighted by Gasteiger charge is 2.36. The summed E-state index contributed by atoms with van der Waals surface area (Å²) in [5, 5.41) is 17.4. The molecular formula is C33H30ClN5O2S. The van der Waals surface area contributed by atoms with E-state index in [2.05, 4.69) is 53.6 Å². The second-order valence-corrected chi connectivity index (χ2v) is 12.6. The second-order valence-electron chi connectivity index (χ2n) is 11.2. The van der Waals surface area contributed by atoms with Crippen molar-refractivity contribution in [1.82, 2.24) is 9.58 Å². The lowest BCUT2D eigenvalue weighted by molar-refractivity contribution is -0.114. The molecule has 0 fully saturated rings. The van der Waals surface area contributed by atoms with Crippen LogP contribution in [0.25, 0.3) is 17.0 Å². The fraction of sp³-hybridized carbons (Fsp3) is 0.212. The SMILES string of the molecule is Cc1c(/C=C2/C(=N)N3N=C(c4ccccc4Cl)SC3=NC2=O)c2ccccc2n1CCOc1ccc(C(C)(C)C)cc1. The van der Waals surface area contributed by atoms with Gasteiger partial charge in [0.15, 0.2) is 5.84 Å². The Balaban J connectivity index is 1.28. The third-order valence-electron chi connectivity index (χ3n) is 7.43. The number of fused-ring (bicyclic) bond motifs is 2. The van der Waals surface area contributed by atoms with Crippen molar-refractivity contribution in [2.75, 3.05) is 6.61 Å². The van der Waals surface area contributed by atoms with Gasteiger partial charge in [-0.2, -0.15) is 15.1 Å². The summed E-state index contributed by atoms with van der Waals surface area (Å²) in [4.78, 5) is 17.5. The smallest absolute Gasteiger partial charge is 0.283 e. The van der Waals surface area contributed by atoms with Crippen molar-refractivity contribution in [2.45, 2.75) is 39.7 Å². The molecule has 42 heavy (non-hydrogen) atoms. The van der Waals surface area contributed by atoms with Gasteiger partial charge in [0, 0.05) is 27.7 Å². The predicted molar refractivity (Wildman–Crippen MR) is 173 cm³/mol. The van der Waals surface area contributed by atoms with Crippen LogP contribution in [0, 0.1) is 12.3 Å². The maximum Gasteiger partial charge on any atom is 0.283 e. The van der Waals surface area contributed by atoms with E-state index in [0.717, 1.165) is 33.5 Å². The Morgan fingerprint density at radius 3 is 2.48 bits per heavy atom. The summed E-state index contributed by atoms with van der Waals surface area (Å²) in [5.74, 6) is 0.347. The van der Waals surface area contributed by atoms with E-state index >= 15 is 0 Å². The molecule has 1 aromatic heterocycles. The van der Waals surface area contributed by atoms with Gasteiger partial charge in [0.25, 0.3) is 5.91 Å². The minimum Gasteiger partial charge on any atom is -0.492 e. The normalized spacial score (nSPS) is 16.2. The lowest BCUT2D eigenvalue weighted by atomic mass is 9.87. The van der Waals surface area contributed by atoms with Gasteiger partial charge in [-0.25, -0.2) is 0 Å². The fourth-order valence-electron chi connectivity index (χ4n) is 5.11. The minimum atomic E-state index is -0.465. The van der Waals surface area contributed by atoms with Crippen LogP contribution in [0.5, 0.6) is 5.75 Å². The molecule has 9 heteroatoms. The zero-order chi connectivity index (χ0) is 29.6. The number of hydrogen-bond donors (Lipinski definition) is 1. The third-order valence-corrected chi connectivity index (χ3v) is 8.70. The summed E-state index contributed by atoms with van der Waals surface area (Å²) in [6, 6.07) is 23.7. The largest absolute Gasteiger partial charge is 0.492 e. The van der Waals surface area contributed by atoms with Crippen LogP contribution < -0.4 is 4.74 Å². The van der Waals surface area contributed by atoms with Crippen LogP contribution in [-0.2, 0) is 16.8 Å².